The Kier molecular flexibility index (Phi) is 4.58. The largest absolute Gasteiger partial charge is 0.506 e. The zero-order valence-electron chi connectivity index (χ0n) is 17.7. The van der Waals surface area contributed by atoms with Gasteiger partial charge in [0.1, 0.15) is 5.75 Å². The maximum atomic E-state index is 13.8. The molecule has 2 atom stereocenters. The lowest BCUT2D eigenvalue weighted by Gasteiger charge is -2.43. The Morgan fingerprint density at radius 1 is 0.971 bits per heavy atom. The molecule has 8 heteroatoms. The quantitative estimate of drug-likeness (QED) is 0.471. The monoisotopic (exact) mass is 492 g/mol. The zero-order valence-corrected chi connectivity index (χ0v) is 19.2. The third-order valence-corrected chi connectivity index (χ3v) is 7.37. The average molecular weight is 493 g/mol. The van der Waals surface area contributed by atoms with Crippen molar-refractivity contribution in [3.8, 4) is 5.75 Å². The molecule has 0 radical (unpaired) electrons. The van der Waals surface area contributed by atoms with E-state index in [2.05, 4.69) is 5.32 Å². The molecule has 0 spiro atoms. The van der Waals surface area contributed by atoms with Crippen molar-refractivity contribution in [3.63, 3.8) is 0 Å². The number of aliphatic hydroxyl groups is 1. The fourth-order valence-corrected chi connectivity index (χ4v) is 5.97. The van der Waals surface area contributed by atoms with Crippen LogP contribution in [0.1, 0.15) is 43.3 Å². The molecule has 170 valence electrons. The van der Waals surface area contributed by atoms with Gasteiger partial charge in [-0.1, -0.05) is 65.7 Å². The maximum Gasteiger partial charge on any atom is 0.256 e. The van der Waals surface area contributed by atoms with Crippen LogP contribution in [0.4, 0.5) is 0 Å². The molecule has 3 aliphatic rings. The second-order valence-corrected chi connectivity index (χ2v) is 9.42. The number of Topliss-reactive ketones (excluding diaryl/α,β-unsaturated/α-hetero) is 1. The van der Waals surface area contributed by atoms with Gasteiger partial charge in [0, 0.05) is 51.5 Å². The topological polar surface area (TPSA) is 89.9 Å². The van der Waals surface area contributed by atoms with Gasteiger partial charge in [0.25, 0.3) is 5.91 Å². The highest BCUT2D eigenvalue weighted by Crippen LogP contribution is 2.56. The van der Waals surface area contributed by atoms with Crippen molar-refractivity contribution in [1.82, 2.24) is 10.2 Å². The molecule has 2 aliphatic heterocycles. The third-order valence-electron chi connectivity index (χ3n) is 6.86. The minimum Gasteiger partial charge on any atom is -0.506 e. The van der Waals surface area contributed by atoms with Crippen LogP contribution >= 0.6 is 23.2 Å². The number of carbonyl (C=O) groups is 2. The first kappa shape index (κ1) is 21.2. The molecule has 1 amide bonds. The van der Waals surface area contributed by atoms with Crippen LogP contribution in [0.2, 0.25) is 10.0 Å². The van der Waals surface area contributed by atoms with Crippen LogP contribution in [0.3, 0.4) is 0 Å². The lowest BCUT2D eigenvalue weighted by atomic mass is 9.76. The van der Waals surface area contributed by atoms with Crippen LogP contribution < -0.4 is 5.32 Å². The average Bonchev–Trinajstić information content (AvgIpc) is 3.21. The Labute approximate surface area is 205 Å². The van der Waals surface area contributed by atoms with Gasteiger partial charge in [-0.25, -0.2) is 0 Å². The van der Waals surface area contributed by atoms with Crippen LogP contribution in [-0.2, 0) is 5.72 Å². The lowest BCUT2D eigenvalue weighted by Crippen LogP contribution is -2.52. The molecule has 1 aliphatic carbocycles. The third kappa shape index (κ3) is 2.67. The summed E-state index contributed by atoms with van der Waals surface area (Å²) in [4.78, 5) is 28.6. The van der Waals surface area contributed by atoms with E-state index in [-0.39, 0.29) is 45.2 Å². The van der Waals surface area contributed by atoms with Gasteiger partial charge in [-0.05, 0) is 18.2 Å². The number of ketones is 1. The number of amides is 1. The van der Waals surface area contributed by atoms with Gasteiger partial charge in [0.05, 0.1) is 16.6 Å². The number of hydrogen-bond acceptors (Lipinski definition) is 5. The van der Waals surface area contributed by atoms with Crippen molar-refractivity contribution in [1.29, 1.82) is 0 Å². The standard InChI is InChI=1S/C26H18Cl2N2O4/c27-13-11-17(23(31)19(28)12-13)21-20-22(14-5-1-2-6-15(14)24(20)32)29-9-10-30-25(33)16-7-3-4-8-18(16)26(21,30)34/h1-8,11-12,21,29,31,34H,9-10H2/t21-,26-/m0/s1. The Bertz CT molecular complexity index is 1450. The smallest absolute Gasteiger partial charge is 0.256 e. The molecule has 0 saturated heterocycles. The van der Waals surface area contributed by atoms with Crippen molar-refractivity contribution >= 4 is 40.6 Å². The molecule has 3 aromatic rings. The van der Waals surface area contributed by atoms with Gasteiger partial charge in [0.2, 0.25) is 0 Å². The predicted molar refractivity (Wildman–Crippen MR) is 128 cm³/mol. The van der Waals surface area contributed by atoms with Crippen LogP contribution in [0.25, 0.3) is 5.70 Å². The van der Waals surface area contributed by atoms with Crippen molar-refractivity contribution in [2.24, 2.45) is 0 Å². The normalized spacial score (nSPS) is 23.0. The number of hydrogen-bond donors (Lipinski definition) is 3. The van der Waals surface area contributed by atoms with E-state index < -0.39 is 11.6 Å². The van der Waals surface area contributed by atoms with Crippen molar-refractivity contribution in [2.75, 3.05) is 13.1 Å². The van der Waals surface area contributed by atoms with E-state index in [1.54, 1.807) is 36.4 Å². The molecule has 6 rings (SSSR count). The zero-order chi connectivity index (χ0) is 23.8. The lowest BCUT2D eigenvalue weighted by molar-refractivity contribution is -0.0972. The molecule has 34 heavy (non-hydrogen) atoms. The molecule has 0 unspecified atom stereocenters. The van der Waals surface area contributed by atoms with E-state index in [0.717, 1.165) is 0 Å². The number of nitrogens with zero attached hydrogens (tertiary/aromatic N) is 1. The van der Waals surface area contributed by atoms with Crippen LogP contribution in [0, 0.1) is 0 Å². The highest BCUT2D eigenvalue weighted by molar-refractivity contribution is 6.35. The molecule has 0 saturated carbocycles. The van der Waals surface area contributed by atoms with E-state index in [0.29, 0.717) is 34.5 Å². The first-order chi connectivity index (χ1) is 16.3. The van der Waals surface area contributed by atoms with Gasteiger partial charge in [-0.15, -0.1) is 0 Å². The van der Waals surface area contributed by atoms with E-state index in [1.165, 1.54) is 17.0 Å². The highest BCUT2D eigenvalue weighted by atomic mass is 35.5. The number of phenols is 1. The molecular weight excluding hydrogens is 475 g/mol. The Balaban J connectivity index is 1.73. The van der Waals surface area contributed by atoms with Gasteiger partial charge in [-0.2, -0.15) is 0 Å². The van der Waals surface area contributed by atoms with Gasteiger partial charge in [-0.3, -0.25) is 9.59 Å². The predicted octanol–water partition coefficient (Wildman–Crippen LogP) is 4.29. The number of phenolic OH excluding ortho intramolecular Hbond substituents is 1. The molecule has 3 N–H and O–H groups in total. The van der Waals surface area contributed by atoms with Gasteiger partial charge in [0.15, 0.2) is 11.5 Å². The Morgan fingerprint density at radius 3 is 2.41 bits per heavy atom. The van der Waals surface area contributed by atoms with E-state index >= 15 is 0 Å². The minimum atomic E-state index is -1.96. The maximum absolute atomic E-state index is 13.8. The van der Waals surface area contributed by atoms with Crippen molar-refractivity contribution < 1.29 is 19.8 Å². The van der Waals surface area contributed by atoms with Gasteiger partial charge >= 0.3 is 0 Å². The Morgan fingerprint density at radius 2 is 1.65 bits per heavy atom. The second-order valence-electron chi connectivity index (χ2n) is 8.58. The summed E-state index contributed by atoms with van der Waals surface area (Å²) >= 11 is 12.6. The molecule has 0 aromatic heterocycles. The molecule has 0 fully saturated rings. The number of nitrogens with one attached hydrogen (secondary N) is 1. The number of aromatic hydroxyl groups is 1. The molecular formula is C26H18Cl2N2O4. The first-order valence-electron chi connectivity index (χ1n) is 10.8. The van der Waals surface area contributed by atoms with E-state index in [9.17, 15) is 19.8 Å². The number of fused-ring (bicyclic) bond motifs is 5. The van der Waals surface area contributed by atoms with Crippen molar-refractivity contribution in [3.05, 3.63) is 104 Å². The fraction of sp³-hybridized carbons (Fsp3) is 0.154. The summed E-state index contributed by atoms with van der Waals surface area (Å²) in [6.45, 7) is 0.486. The van der Waals surface area contributed by atoms with Crippen LogP contribution in [0.5, 0.6) is 5.75 Å². The number of rotatable bonds is 1. The van der Waals surface area contributed by atoms with Crippen LogP contribution in [0.15, 0.2) is 66.2 Å². The van der Waals surface area contributed by atoms with Gasteiger partial charge < -0.3 is 20.4 Å². The van der Waals surface area contributed by atoms with Crippen molar-refractivity contribution in [2.45, 2.75) is 11.6 Å². The van der Waals surface area contributed by atoms with E-state index in [4.69, 9.17) is 23.2 Å². The summed E-state index contributed by atoms with van der Waals surface area (Å²) in [5.41, 5.74) is 0.888. The molecule has 2 heterocycles. The summed E-state index contributed by atoms with van der Waals surface area (Å²) in [6, 6.07) is 16.8. The summed E-state index contributed by atoms with van der Waals surface area (Å²) in [5, 5.41) is 27.1. The molecule has 3 aromatic carbocycles. The number of benzene rings is 3. The first-order valence-corrected chi connectivity index (χ1v) is 11.5. The molecule has 6 nitrogen and oxygen atoms in total. The minimum absolute atomic E-state index is 0.0182. The Hall–Kier alpha value is -3.32. The molecule has 0 bridgehead atoms. The summed E-state index contributed by atoms with van der Waals surface area (Å²) in [7, 11) is 0. The van der Waals surface area contributed by atoms with E-state index in [1.807, 2.05) is 12.1 Å². The number of halogens is 2. The number of carbonyl (C=O) groups excluding carboxylic acids is 2. The summed E-state index contributed by atoms with van der Waals surface area (Å²) in [6.07, 6.45) is 0. The SMILES string of the molecule is O=C1C2=C(NCCN3C(=O)c4ccccc4[C@]3(O)[C@H]2c2cc(Cl)cc(Cl)c2O)c2ccccc21. The second kappa shape index (κ2) is 7.34. The fourth-order valence-electron chi connectivity index (χ4n) is 5.46. The highest BCUT2D eigenvalue weighted by Gasteiger charge is 2.58. The summed E-state index contributed by atoms with van der Waals surface area (Å²) < 4.78 is 0. The van der Waals surface area contributed by atoms with Crippen LogP contribution in [-0.4, -0.2) is 39.9 Å². The summed E-state index contributed by atoms with van der Waals surface area (Å²) in [5.74, 6) is -2.13.